The van der Waals surface area contributed by atoms with E-state index >= 15 is 0 Å². The number of hydrogen-bond donors (Lipinski definition) is 2. The number of rotatable bonds is 1. The first-order valence-corrected chi connectivity index (χ1v) is 5.86. The van der Waals surface area contributed by atoms with E-state index in [4.69, 9.17) is 16.2 Å². The van der Waals surface area contributed by atoms with E-state index in [1.54, 1.807) is 0 Å². The minimum absolute atomic E-state index is 0.0734. The molecular formula is C8H5ClN2O4S. The summed E-state index contributed by atoms with van der Waals surface area (Å²) < 4.78 is 31.1. The first kappa shape index (κ1) is 11.1. The van der Waals surface area contributed by atoms with Crippen LogP contribution >= 0.6 is 11.6 Å². The summed E-state index contributed by atoms with van der Waals surface area (Å²) in [7, 11) is -4.48. The molecular weight excluding hydrogens is 256 g/mol. The Kier molecular flexibility index (Phi) is 2.45. The van der Waals surface area contributed by atoms with E-state index < -0.39 is 20.4 Å². The second-order valence-corrected chi connectivity index (χ2v) is 4.80. The summed E-state index contributed by atoms with van der Waals surface area (Å²) in [4.78, 5) is 11.0. The Labute approximate surface area is 94.6 Å². The SMILES string of the molecule is O=c1cn[nH]c2c(Cl)ccc(S(=O)(=O)O)c12. The molecule has 16 heavy (non-hydrogen) atoms. The van der Waals surface area contributed by atoms with Crippen molar-refractivity contribution in [2.75, 3.05) is 0 Å². The molecule has 2 rings (SSSR count). The van der Waals surface area contributed by atoms with Crippen LogP contribution in [-0.2, 0) is 10.1 Å². The van der Waals surface area contributed by atoms with Gasteiger partial charge in [-0.15, -0.1) is 0 Å². The molecule has 2 aromatic rings. The number of aromatic amines is 1. The predicted molar refractivity (Wildman–Crippen MR) is 57.2 cm³/mol. The lowest BCUT2D eigenvalue weighted by molar-refractivity contribution is 0.484. The van der Waals surface area contributed by atoms with Crippen LogP contribution in [0.4, 0.5) is 0 Å². The van der Waals surface area contributed by atoms with Gasteiger partial charge in [-0.05, 0) is 12.1 Å². The van der Waals surface area contributed by atoms with Crippen molar-refractivity contribution in [3.05, 3.63) is 33.6 Å². The van der Waals surface area contributed by atoms with Crippen molar-refractivity contribution in [3.8, 4) is 0 Å². The summed E-state index contributed by atoms with van der Waals surface area (Å²) in [6.45, 7) is 0. The molecule has 1 aromatic heterocycles. The smallest absolute Gasteiger partial charge is 0.287 e. The van der Waals surface area contributed by atoms with Crippen LogP contribution in [0.25, 0.3) is 10.9 Å². The van der Waals surface area contributed by atoms with E-state index in [9.17, 15) is 13.2 Å². The first-order valence-electron chi connectivity index (χ1n) is 4.04. The highest BCUT2D eigenvalue weighted by Crippen LogP contribution is 2.24. The molecule has 84 valence electrons. The maximum absolute atomic E-state index is 11.5. The van der Waals surface area contributed by atoms with Gasteiger partial charge < -0.3 is 0 Å². The molecule has 0 bridgehead atoms. The molecule has 0 unspecified atom stereocenters. The van der Waals surface area contributed by atoms with Gasteiger partial charge in [0.15, 0.2) is 0 Å². The molecule has 8 heteroatoms. The van der Waals surface area contributed by atoms with E-state index in [0.717, 1.165) is 12.3 Å². The minimum Gasteiger partial charge on any atom is -0.287 e. The van der Waals surface area contributed by atoms with Crippen LogP contribution in [0.2, 0.25) is 5.02 Å². The Morgan fingerprint density at radius 3 is 2.69 bits per heavy atom. The summed E-state index contributed by atoms with van der Waals surface area (Å²) in [6.07, 6.45) is 0.910. The number of halogens is 1. The van der Waals surface area contributed by atoms with Crippen LogP contribution in [0.15, 0.2) is 28.0 Å². The molecule has 6 nitrogen and oxygen atoms in total. The lowest BCUT2D eigenvalue weighted by atomic mass is 10.2. The van der Waals surface area contributed by atoms with Gasteiger partial charge in [0.1, 0.15) is 4.90 Å². The highest BCUT2D eigenvalue weighted by molar-refractivity contribution is 7.86. The van der Waals surface area contributed by atoms with Gasteiger partial charge in [-0.25, -0.2) is 0 Å². The van der Waals surface area contributed by atoms with E-state index in [-0.39, 0.29) is 15.9 Å². The van der Waals surface area contributed by atoms with Crippen LogP contribution in [0.3, 0.4) is 0 Å². The van der Waals surface area contributed by atoms with Crippen molar-refractivity contribution in [1.29, 1.82) is 0 Å². The number of nitrogens with zero attached hydrogens (tertiary/aromatic N) is 1. The molecule has 0 aliphatic carbocycles. The first-order chi connectivity index (χ1) is 7.41. The van der Waals surface area contributed by atoms with Crippen molar-refractivity contribution in [3.63, 3.8) is 0 Å². The third kappa shape index (κ3) is 1.69. The number of H-pyrrole nitrogens is 1. The topological polar surface area (TPSA) is 100 Å². The molecule has 0 aliphatic heterocycles. The fourth-order valence-electron chi connectivity index (χ4n) is 1.35. The second kappa shape index (κ2) is 3.55. The standard InChI is InChI=1S/C8H5ClN2O4S/c9-4-1-2-6(16(13,14)15)7-5(12)3-10-11-8(4)7/h1-3H,(H,11,12)(H,13,14,15). The Balaban J connectivity index is 3.11. The van der Waals surface area contributed by atoms with E-state index in [0.29, 0.717) is 0 Å². The van der Waals surface area contributed by atoms with E-state index in [2.05, 4.69) is 10.2 Å². The van der Waals surface area contributed by atoms with Crippen LogP contribution in [0, 0.1) is 0 Å². The van der Waals surface area contributed by atoms with E-state index in [1.807, 2.05) is 0 Å². The summed E-state index contributed by atoms with van der Waals surface area (Å²) in [5.74, 6) is 0. The van der Waals surface area contributed by atoms with Gasteiger partial charge in [0.2, 0.25) is 5.43 Å². The number of nitrogens with one attached hydrogen (secondary N) is 1. The number of aromatic nitrogens is 2. The predicted octanol–water partition coefficient (Wildman–Crippen LogP) is 0.823. The molecule has 0 aliphatic rings. The maximum atomic E-state index is 11.5. The van der Waals surface area contributed by atoms with Crippen LogP contribution < -0.4 is 5.43 Å². The molecule has 0 radical (unpaired) electrons. The van der Waals surface area contributed by atoms with Crippen LogP contribution in [0.5, 0.6) is 0 Å². The molecule has 0 spiro atoms. The van der Waals surface area contributed by atoms with Gasteiger partial charge in [-0.3, -0.25) is 14.4 Å². The van der Waals surface area contributed by atoms with Gasteiger partial charge in [0.25, 0.3) is 10.1 Å². The summed E-state index contributed by atoms with van der Waals surface area (Å²) in [5, 5.41) is 5.86. The Morgan fingerprint density at radius 2 is 2.06 bits per heavy atom. The van der Waals surface area contributed by atoms with Crippen molar-refractivity contribution < 1.29 is 13.0 Å². The average molecular weight is 261 g/mol. The second-order valence-electron chi connectivity index (χ2n) is 3.00. The van der Waals surface area contributed by atoms with Gasteiger partial charge in [-0.2, -0.15) is 13.5 Å². The third-order valence-corrected chi connectivity index (χ3v) is 3.21. The quantitative estimate of drug-likeness (QED) is 0.740. The highest BCUT2D eigenvalue weighted by atomic mass is 35.5. The van der Waals surface area contributed by atoms with Gasteiger partial charge >= 0.3 is 0 Å². The highest BCUT2D eigenvalue weighted by Gasteiger charge is 2.18. The van der Waals surface area contributed by atoms with Gasteiger partial charge in [0, 0.05) is 0 Å². The minimum atomic E-state index is -4.48. The molecule has 0 saturated carbocycles. The van der Waals surface area contributed by atoms with Crippen LogP contribution in [0.1, 0.15) is 0 Å². The zero-order valence-electron chi connectivity index (χ0n) is 7.64. The third-order valence-electron chi connectivity index (χ3n) is 2.00. The largest absolute Gasteiger partial charge is 0.295 e. The van der Waals surface area contributed by atoms with Crippen LogP contribution in [-0.4, -0.2) is 23.2 Å². The monoisotopic (exact) mass is 260 g/mol. The molecule has 1 aromatic carbocycles. The lowest BCUT2D eigenvalue weighted by Crippen LogP contribution is -2.09. The summed E-state index contributed by atoms with van der Waals surface area (Å²) in [6, 6.07) is 2.32. The summed E-state index contributed by atoms with van der Waals surface area (Å²) in [5.41, 5.74) is -0.562. The molecule has 1 heterocycles. The van der Waals surface area contributed by atoms with Gasteiger partial charge in [0.05, 0.1) is 22.1 Å². The number of hydrogen-bond acceptors (Lipinski definition) is 4. The van der Waals surface area contributed by atoms with E-state index in [1.165, 1.54) is 6.07 Å². The normalized spacial score (nSPS) is 11.9. The molecule has 0 fully saturated rings. The zero-order valence-corrected chi connectivity index (χ0v) is 9.21. The fourth-order valence-corrected chi connectivity index (χ4v) is 2.25. The Hall–Kier alpha value is -1.44. The van der Waals surface area contributed by atoms with Crippen molar-refractivity contribution in [2.24, 2.45) is 0 Å². The van der Waals surface area contributed by atoms with Crippen molar-refractivity contribution >= 4 is 32.6 Å². The Bertz CT molecular complexity index is 722. The molecule has 0 saturated heterocycles. The number of fused-ring (bicyclic) bond motifs is 1. The summed E-state index contributed by atoms with van der Waals surface area (Å²) >= 11 is 5.76. The zero-order chi connectivity index (χ0) is 11.9. The lowest BCUT2D eigenvalue weighted by Gasteiger charge is -2.03. The molecule has 0 atom stereocenters. The molecule has 0 amide bonds. The molecule has 2 N–H and O–H groups in total. The fraction of sp³-hybridized carbons (Fsp3) is 0. The number of benzene rings is 1. The maximum Gasteiger partial charge on any atom is 0.295 e. The van der Waals surface area contributed by atoms with Gasteiger partial charge in [-0.1, -0.05) is 11.6 Å². The van der Waals surface area contributed by atoms with Crippen molar-refractivity contribution in [2.45, 2.75) is 4.90 Å². The van der Waals surface area contributed by atoms with Crippen molar-refractivity contribution in [1.82, 2.24) is 10.2 Å². The average Bonchev–Trinajstić information content (AvgIpc) is 2.18. The Morgan fingerprint density at radius 1 is 1.38 bits per heavy atom.